The molecule has 0 spiro atoms. The first-order valence-corrected chi connectivity index (χ1v) is 10.4. The summed E-state index contributed by atoms with van der Waals surface area (Å²) in [5.74, 6) is -0.511. The average Bonchev–Trinajstić information content (AvgIpc) is 2.63. The normalized spacial score (nSPS) is 25.4. The highest BCUT2D eigenvalue weighted by atomic mass is 32.2. The fraction of sp³-hybridized carbons (Fsp3) is 0.588. The number of anilines is 1. The molecule has 10 heteroatoms. The third-order valence-corrected chi connectivity index (χ3v) is 6.65. The van der Waals surface area contributed by atoms with E-state index >= 15 is 0 Å². The third-order valence-electron chi connectivity index (χ3n) is 4.68. The topological polar surface area (TPSA) is 82.2 Å². The first-order chi connectivity index (χ1) is 12.8. The number of halogens is 1. The molecule has 0 aliphatic carbocycles. The summed E-state index contributed by atoms with van der Waals surface area (Å²) < 4.78 is 47.8. The minimum Gasteiger partial charge on any atom is -0.373 e. The Morgan fingerprint density at radius 2 is 1.67 bits per heavy atom. The molecule has 2 atom stereocenters. The number of rotatable bonds is 3. The van der Waals surface area contributed by atoms with Crippen molar-refractivity contribution in [2.75, 3.05) is 44.6 Å². The van der Waals surface area contributed by atoms with Crippen molar-refractivity contribution in [2.24, 2.45) is 0 Å². The molecule has 27 heavy (non-hydrogen) atoms. The summed E-state index contributed by atoms with van der Waals surface area (Å²) >= 11 is 0. The maximum Gasteiger partial charge on any atom is 0.322 e. The molecule has 2 aliphatic heterocycles. The molecule has 2 fully saturated rings. The van der Waals surface area contributed by atoms with Crippen LogP contribution in [-0.2, 0) is 14.9 Å². The highest BCUT2D eigenvalue weighted by Crippen LogP contribution is 2.19. The molecule has 150 valence electrons. The smallest absolute Gasteiger partial charge is 0.322 e. The second-order valence-corrected chi connectivity index (χ2v) is 8.81. The number of morpholine rings is 1. The van der Waals surface area contributed by atoms with E-state index in [1.165, 1.54) is 25.6 Å². The number of benzene rings is 1. The number of piperazine rings is 1. The molecule has 0 aromatic heterocycles. The van der Waals surface area contributed by atoms with Crippen LogP contribution in [0.3, 0.4) is 0 Å². The number of carbonyl (C=O) groups is 1. The number of amides is 2. The quantitative estimate of drug-likeness (QED) is 0.830. The van der Waals surface area contributed by atoms with Crippen LogP contribution in [0.1, 0.15) is 13.8 Å². The van der Waals surface area contributed by atoms with Gasteiger partial charge in [0.1, 0.15) is 5.82 Å². The largest absolute Gasteiger partial charge is 0.373 e. The van der Waals surface area contributed by atoms with Crippen LogP contribution in [0.15, 0.2) is 24.3 Å². The maximum absolute atomic E-state index is 13.7. The molecule has 0 saturated carbocycles. The van der Waals surface area contributed by atoms with Crippen molar-refractivity contribution >= 4 is 21.9 Å². The van der Waals surface area contributed by atoms with Gasteiger partial charge in [0.15, 0.2) is 0 Å². The minimum absolute atomic E-state index is 0.105. The molecule has 0 unspecified atom stereocenters. The van der Waals surface area contributed by atoms with Gasteiger partial charge >= 0.3 is 6.03 Å². The Bertz CT molecular complexity index is 773. The van der Waals surface area contributed by atoms with Crippen LogP contribution in [0.5, 0.6) is 0 Å². The van der Waals surface area contributed by atoms with Gasteiger partial charge in [-0.1, -0.05) is 12.1 Å². The predicted octanol–water partition coefficient (Wildman–Crippen LogP) is 1.33. The SMILES string of the molecule is C[C@@H]1CN(S(=O)(=O)N2CCN(C(=O)Nc3ccccc3F)CC2)C[C@@H](C)O1. The Morgan fingerprint density at radius 3 is 2.26 bits per heavy atom. The Kier molecular flexibility index (Phi) is 5.99. The van der Waals surface area contributed by atoms with Crippen molar-refractivity contribution in [1.29, 1.82) is 0 Å². The average molecular weight is 400 g/mol. The lowest BCUT2D eigenvalue weighted by Gasteiger charge is -2.40. The first-order valence-electron chi connectivity index (χ1n) is 8.98. The van der Waals surface area contributed by atoms with E-state index in [-0.39, 0.29) is 44.1 Å². The van der Waals surface area contributed by atoms with E-state index in [2.05, 4.69) is 5.32 Å². The Hall–Kier alpha value is -1.75. The van der Waals surface area contributed by atoms with Crippen LogP contribution in [0.4, 0.5) is 14.9 Å². The lowest BCUT2D eigenvalue weighted by molar-refractivity contribution is -0.0456. The Balaban J connectivity index is 1.58. The van der Waals surface area contributed by atoms with E-state index in [1.54, 1.807) is 12.1 Å². The van der Waals surface area contributed by atoms with Gasteiger partial charge < -0.3 is 15.0 Å². The van der Waals surface area contributed by atoms with Crippen LogP contribution in [0.2, 0.25) is 0 Å². The van der Waals surface area contributed by atoms with E-state index in [0.29, 0.717) is 13.1 Å². The monoisotopic (exact) mass is 400 g/mol. The zero-order valence-electron chi connectivity index (χ0n) is 15.5. The molecule has 0 bridgehead atoms. The molecule has 2 heterocycles. The summed E-state index contributed by atoms with van der Waals surface area (Å²) in [6.07, 6.45) is -0.312. The molecule has 1 aromatic carbocycles. The van der Waals surface area contributed by atoms with E-state index in [4.69, 9.17) is 4.74 Å². The molecule has 1 aromatic rings. The van der Waals surface area contributed by atoms with Crippen molar-refractivity contribution in [1.82, 2.24) is 13.5 Å². The highest BCUT2D eigenvalue weighted by Gasteiger charge is 2.37. The van der Waals surface area contributed by atoms with Crippen LogP contribution >= 0.6 is 0 Å². The van der Waals surface area contributed by atoms with Gasteiger partial charge in [0, 0.05) is 39.3 Å². The summed E-state index contributed by atoms with van der Waals surface area (Å²) in [5, 5.41) is 2.53. The summed E-state index contributed by atoms with van der Waals surface area (Å²) in [6, 6.07) is 5.49. The van der Waals surface area contributed by atoms with Crippen LogP contribution in [-0.4, -0.2) is 79.4 Å². The minimum atomic E-state index is -3.60. The first kappa shape index (κ1) is 20.0. The van der Waals surface area contributed by atoms with E-state index in [1.807, 2.05) is 13.8 Å². The molecule has 2 amide bonds. The summed E-state index contributed by atoms with van der Waals surface area (Å²) in [4.78, 5) is 13.8. The van der Waals surface area contributed by atoms with Gasteiger partial charge in [-0.2, -0.15) is 17.0 Å². The Morgan fingerprint density at radius 1 is 1.07 bits per heavy atom. The highest BCUT2D eigenvalue weighted by molar-refractivity contribution is 7.86. The number of para-hydroxylation sites is 1. The molecule has 3 rings (SSSR count). The Labute approximate surface area is 159 Å². The van der Waals surface area contributed by atoms with E-state index in [0.717, 1.165) is 0 Å². The van der Waals surface area contributed by atoms with Crippen molar-refractivity contribution in [3.63, 3.8) is 0 Å². The molecule has 0 radical (unpaired) electrons. The van der Waals surface area contributed by atoms with Crippen molar-refractivity contribution in [2.45, 2.75) is 26.1 Å². The van der Waals surface area contributed by atoms with Gasteiger partial charge in [-0.3, -0.25) is 0 Å². The van der Waals surface area contributed by atoms with Gasteiger partial charge in [-0.05, 0) is 26.0 Å². The molecule has 2 aliphatic rings. The van der Waals surface area contributed by atoms with Crippen LogP contribution in [0, 0.1) is 5.82 Å². The third kappa shape index (κ3) is 4.57. The van der Waals surface area contributed by atoms with Crippen molar-refractivity contribution < 1.29 is 22.3 Å². The van der Waals surface area contributed by atoms with Gasteiger partial charge in [0.25, 0.3) is 10.2 Å². The van der Waals surface area contributed by atoms with Gasteiger partial charge in [-0.15, -0.1) is 0 Å². The number of ether oxygens (including phenoxy) is 1. The fourth-order valence-electron chi connectivity index (χ4n) is 3.36. The molecule has 2 saturated heterocycles. The lowest BCUT2D eigenvalue weighted by atomic mass is 10.3. The second kappa shape index (κ2) is 8.09. The number of hydrogen-bond acceptors (Lipinski definition) is 4. The predicted molar refractivity (Wildman–Crippen MR) is 99.1 cm³/mol. The van der Waals surface area contributed by atoms with Crippen molar-refractivity contribution in [3.8, 4) is 0 Å². The van der Waals surface area contributed by atoms with Crippen LogP contribution in [0.25, 0.3) is 0 Å². The standard InChI is InChI=1S/C17H25FN4O4S/c1-13-11-22(12-14(2)26-13)27(24,25)21-9-7-20(8-10-21)17(23)19-16-6-4-3-5-15(16)18/h3-6,13-14H,7-12H2,1-2H3,(H,19,23)/t13-,14-/m1/s1. The lowest BCUT2D eigenvalue weighted by Crippen LogP contribution is -2.58. The van der Waals surface area contributed by atoms with Crippen molar-refractivity contribution in [3.05, 3.63) is 30.1 Å². The van der Waals surface area contributed by atoms with E-state index in [9.17, 15) is 17.6 Å². The number of nitrogens with one attached hydrogen (secondary N) is 1. The molecular weight excluding hydrogens is 375 g/mol. The number of carbonyl (C=O) groups excluding carboxylic acids is 1. The van der Waals surface area contributed by atoms with Gasteiger partial charge in [0.2, 0.25) is 0 Å². The maximum atomic E-state index is 13.7. The summed E-state index contributed by atoms with van der Waals surface area (Å²) in [5.41, 5.74) is 0.105. The van der Waals surface area contributed by atoms with Crippen LogP contribution < -0.4 is 5.32 Å². The molecule has 8 nitrogen and oxygen atoms in total. The summed E-state index contributed by atoms with van der Waals surface area (Å²) in [7, 11) is -3.60. The summed E-state index contributed by atoms with van der Waals surface area (Å²) in [6.45, 7) is 5.23. The number of nitrogens with zero attached hydrogens (tertiary/aromatic N) is 3. The fourth-order valence-corrected chi connectivity index (χ4v) is 5.11. The second-order valence-electron chi connectivity index (χ2n) is 6.88. The number of urea groups is 1. The van der Waals surface area contributed by atoms with E-state index < -0.39 is 22.1 Å². The molecule has 1 N–H and O–H groups in total. The van der Waals surface area contributed by atoms with Gasteiger partial charge in [-0.25, -0.2) is 9.18 Å². The zero-order valence-corrected chi connectivity index (χ0v) is 16.3. The number of hydrogen-bond donors (Lipinski definition) is 1. The van der Waals surface area contributed by atoms with Gasteiger partial charge in [0.05, 0.1) is 17.9 Å². The molecular formula is C17H25FN4O4S. The zero-order chi connectivity index (χ0) is 19.6.